The van der Waals surface area contributed by atoms with Gasteiger partial charge in [-0.3, -0.25) is 0 Å². The van der Waals surface area contributed by atoms with Crippen LogP contribution in [0.15, 0.2) is 18.2 Å². The quantitative estimate of drug-likeness (QED) is 0.789. The zero-order valence-corrected chi connectivity index (χ0v) is 10.2. The van der Waals surface area contributed by atoms with Crippen LogP contribution in [0.5, 0.6) is 0 Å². The maximum atomic E-state index is 6.00. The van der Waals surface area contributed by atoms with Crippen molar-refractivity contribution in [1.82, 2.24) is 4.90 Å². The van der Waals surface area contributed by atoms with E-state index in [2.05, 4.69) is 37.3 Å². The molecule has 0 aromatic heterocycles. The summed E-state index contributed by atoms with van der Waals surface area (Å²) in [4.78, 5) is 2.27. The Morgan fingerprint density at radius 1 is 1.40 bits per heavy atom. The van der Waals surface area contributed by atoms with Gasteiger partial charge in [-0.25, -0.2) is 0 Å². The third kappa shape index (κ3) is 2.11. The minimum Gasteiger partial charge on any atom is -0.382 e. The topological polar surface area (TPSA) is 15.3 Å². The van der Waals surface area contributed by atoms with Crippen LogP contribution in [0, 0.1) is 0 Å². The lowest BCUT2D eigenvalue weighted by atomic mass is 9.93. The van der Waals surface area contributed by atoms with Crippen LogP contribution in [0.1, 0.15) is 24.9 Å². The summed E-state index contributed by atoms with van der Waals surface area (Å²) in [5.41, 5.74) is 2.53. The van der Waals surface area contributed by atoms with Gasteiger partial charge in [-0.15, -0.1) is 0 Å². The standard InChI is InChI=1S/C12H17ClN2/c1-8-6-12(15(2)3)10-5-4-9(13)7-11(10)14-8/h4-5,7-8,12,14H,6H2,1-3H3. The second kappa shape index (κ2) is 4.03. The highest BCUT2D eigenvalue weighted by atomic mass is 35.5. The van der Waals surface area contributed by atoms with E-state index in [9.17, 15) is 0 Å². The van der Waals surface area contributed by atoms with Gasteiger partial charge in [0.25, 0.3) is 0 Å². The molecule has 0 saturated carbocycles. The van der Waals surface area contributed by atoms with Crippen LogP contribution >= 0.6 is 11.6 Å². The highest BCUT2D eigenvalue weighted by Crippen LogP contribution is 2.36. The van der Waals surface area contributed by atoms with E-state index in [4.69, 9.17) is 11.6 Å². The van der Waals surface area contributed by atoms with Crippen LogP contribution < -0.4 is 5.32 Å². The fourth-order valence-electron chi connectivity index (χ4n) is 2.22. The Bertz CT molecular complexity index is 363. The average Bonchev–Trinajstić information content (AvgIpc) is 2.15. The highest BCUT2D eigenvalue weighted by molar-refractivity contribution is 6.30. The molecule has 2 rings (SSSR count). The number of rotatable bonds is 1. The molecule has 0 spiro atoms. The number of nitrogens with zero attached hydrogens (tertiary/aromatic N) is 1. The first-order valence-electron chi connectivity index (χ1n) is 5.30. The maximum Gasteiger partial charge on any atom is 0.0426 e. The summed E-state index contributed by atoms with van der Waals surface area (Å²) >= 11 is 6.00. The van der Waals surface area contributed by atoms with Gasteiger partial charge in [0.05, 0.1) is 0 Å². The second-order valence-corrected chi connectivity index (χ2v) is 4.93. The summed E-state index contributed by atoms with van der Waals surface area (Å²) in [5.74, 6) is 0. The molecule has 82 valence electrons. The summed E-state index contributed by atoms with van der Waals surface area (Å²) in [6.45, 7) is 2.21. The molecule has 0 aliphatic carbocycles. The minimum absolute atomic E-state index is 0.494. The van der Waals surface area contributed by atoms with E-state index in [1.807, 2.05) is 12.1 Å². The van der Waals surface area contributed by atoms with Crippen LogP contribution in [0.2, 0.25) is 5.02 Å². The van der Waals surface area contributed by atoms with E-state index in [1.165, 1.54) is 11.3 Å². The Morgan fingerprint density at radius 2 is 2.13 bits per heavy atom. The van der Waals surface area contributed by atoms with Crippen LogP contribution in [0.25, 0.3) is 0 Å². The molecule has 0 fully saturated rings. The molecular formula is C12H17ClN2. The van der Waals surface area contributed by atoms with Crippen molar-refractivity contribution in [2.75, 3.05) is 19.4 Å². The fourth-order valence-corrected chi connectivity index (χ4v) is 2.39. The van der Waals surface area contributed by atoms with Crippen molar-refractivity contribution in [3.8, 4) is 0 Å². The first-order valence-corrected chi connectivity index (χ1v) is 5.68. The summed E-state index contributed by atoms with van der Waals surface area (Å²) in [5, 5.41) is 4.27. The van der Waals surface area contributed by atoms with Crippen molar-refractivity contribution in [1.29, 1.82) is 0 Å². The van der Waals surface area contributed by atoms with Crippen LogP contribution in [0.4, 0.5) is 5.69 Å². The largest absolute Gasteiger partial charge is 0.382 e. The Labute approximate surface area is 96.2 Å². The van der Waals surface area contributed by atoms with Crippen LogP contribution in [-0.4, -0.2) is 25.0 Å². The Kier molecular flexibility index (Phi) is 2.89. The first kappa shape index (κ1) is 10.8. The predicted octanol–water partition coefficient (Wildman–Crippen LogP) is 3.15. The molecule has 2 nitrogen and oxygen atoms in total. The summed E-state index contributed by atoms with van der Waals surface area (Å²) < 4.78 is 0. The number of hydrogen-bond acceptors (Lipinski definition) is 2. The summed E-state index contributed by atoms with van der Waals surface area (Å²) in [6, 6.07) is 7.11. The molecule has 3 heteroatoms. The minimum atomic E-state index is 0.494. The van der Waals surface area contributed by atoms with Gasteiger partial charge in [0, 0.05) is 22.8 Å². The van der Waals surface area contributed by atoms with Gasteiger partial charge < -0.3 is 10.2 Å². The summed E-state index contributed by atoms with van der Waals surface area (Å²) in [6.07, 6.45) is 1.14. The number of benzene rings is 1. The SMILES string of the molecule is CC1CC(N(C)C)c2ccc(Cl)cc2N1. The first-order chi connectivity index (χ1) is 7.08. The number of nitrogens with one attached hydrogen (secondary N) is 1. The van der Waals surface area contributed by atoms with Gasteiger partial charge in [-0.05, 0) is 45.1 Å². The van der Waals surface area contributed by atoms with Crippen molar-refractivity contribution in [2.24, 2.45) is 0 Å². The van der Waals surface area contributed by atoms with E-state index in [0.29, 0.717) is 12.1 Å². The van der Waals surface area contributed by atoms with Crippen molar-refractivity contribution >= 4 is 17.3 Å². The Morgan fingerprint density at radius 3 is 2.80 bits per heavy atom. The maximum absolute atomic E-state index is 6.00. The van der Waals surface area contributed by atoms with Gasteiger partial charge in [0.15, 0.2) is 0 Å². The van der Waals surface area contributed by atoms with E-state index in [-0.39, 0.29) is 0 Å². The molecule has 1 aliphatic rings. The van der Waals surface area contributed by atoms with Crippen molar-refractivity contribution in [2.45, 2.75) is 25.4 Å². The molecule has 1 aromatic carbocycles. The number of anilines is 1. The zero-order valence-electron chi connectivity index (χ0n) is 9.42. The predicted molar refractivity (Wildman–Crippen MR) is 65.6 cm³/mol. The average molecular weight is 225 g/mol. The van der Waals surface area contributed by atoms with Crippen molar-refractivity contribution in [3.05, 3.63) is 28.8 Å². The smallest absolute Gasteiger partial charge is 0.0426 e. The van der Waals surface area contributed by atoms with Gasteiger partial charge in [-0.1, -0.05) is 17.7 Å². The highest BCUT2D eigenvalue weighted by Gasteiger charge is 2.25. The second-order valence-electron chi connectivity index (χ2n) is 4.49. The number of fused-ring (bicyclic) bond motifs is 1. The van der Waals surface area contributed by atoms with Gasteiger partial charge >= 0.3 is 0 Å². The lowest BCUT2D eigenvalue weighted by Crippen LogP contribution is -2.32. The number of hydrogen-bond donors (Lipinski definition) is 1. The lowest BCUT2D eigenvalue weighted by Gasteiger charge is -2.35. The normalized spacial score (nSPS) is 24.9. The molecule has 0 radical (unpaired) electrons. The zero-order chi connectivity index (χ0) is 11.0. The van der Waals surface area contributed by atoms with Crippen LogP contribution in [0.3, 0.4) is 0 Å². The van der Waals surface area contributed by atoms with Crippen LogP contribution in [-0.2, 0) is 0 Å². The van der Waals surface area contributed by atoms with Crippen molar-refractivity contribution in [3.63, 3.8) is 0 Å². The van der Waals surface area contributed by atoms with E-state index >= 15 is 0 Å². The third-order valence-corrected chi connectivity index (χ3v) is 3.21. The monoisotopic (exact) mass is 224 g/mol. The molecule has 2 unspecified atom stereocenters. The molecule has 1 N–H and O–H groups in total. The molecular weight excluding hydrogens is 208 g/mol. The third-order valence-electron chi connectivity index (χ3n) is 2.98. The van der Waals surface area contributed by atoms with E-state index in [1.54, 1.807) is 0 Å². The van der Waals surface area contributed by atoms with Crippen molar-refractivity contribution < 1.29 is 0 Å². The summed E-state index contributed by atoms with van der Waals surface area (Å²) in [7, 11) is 4.25. The molecule has 15 heavy (non-hydrogen) atoms. The van der Waals surface area contributed by atoms with Gasteiger partial charge in [-0.2, -0.15) is 0 Å². The molecule has 0 bridgehead atoms. The number of halogens is 1. The molecule has 0 amide bonds. The Balaban J connectivity index is 2.42. The van der Waals surface area contributed by atoms with E-state index < -0.39 is 0 Å². The Hall–Kier alpha value is -0.730. The molecule has 2 atom stereocenters. The lowest BCUT2D eigenvalue weighted by molar-refractivity contribution is 0.270. The fraction of sp³-hybridized carbons (Fsp3) is 0.500. The molecule has 1 aromatic rings. The molecule has 1 heterocycles. The van der Waals surface area contributed by atoms with Gasteiger partial charge in [0.2, 0.25) is 0 Å². The molecule has 0 saturated heterocycles. The van der Waals surface area contributed by atoms with Gasteiger partial charge in [0.1, 0.15) is 0 Å². The molecule has 1 aliphatic heterocycles. The van der Waals surface area contributed by atoms with E-state index in [0.717, 1.165) is 11.4 Å².